The Morgan fingerprint density at radius 3 is 2.37 bits per heavy atom. The van der Waals surface area contributed by atoms with Gasteiger partial charge in [-0.2, -0.15) is 0 Å². The number of likely N-dealkylation sites (N-methyl/N-ethyl adjacent to an activating group) is 1. The molecule has 1 aromatic carbocycles. The largest absolute Gasteiger partial charge is 0.396 e. The minimum Gasteiger partial charge on any atom is -0.396 e. The monoisotopic (exact) mass is 281 g/mol. The molecule has 1 aliphatic rings. The fourth-order valence-electron chi connectivity index (χ4n) is 3.27. The summed E-state index contributed by atoms with van der Waals surface area (Å²) in [4.78, 5) is 0. The average Bonchev–Trinajstić information content (AvgIpc) is 2.38. The van der Waals surface area contributed by atoms with Crippen molar-refractivity contribution in [3.8, 4) is 0 Å². The van der Waals surface area contributed by atoms with Crippen LogP contribution in [-0.4, -0.2) is 24.8 Å². The second-order valence-electron chi connectivity index (χ2n) is 5.88. The highest BCUT2D eigenvalue weighted by Crippen LogP contribution is 2.48. The lowest BCUT2D eigenvalue weighted by Gasteiger charge is -2.49. The van der Waals surface area contributed by atoms with Crippen molar-refractivity contribution in [3.63, 3.8) is 0 Å². The predicted octanol–water partition coefficient (Wildman–Crippen LogP) is 3.37. The maximum absolute atomic E-state index is 9.30. The zero-order valence-electron chi connectivity index (χ0n) is 11.8. The Kier molecular flexibility index (Phi) is 4.88. The third-order valence-electron chi connectivity index (χ3n) is 4.63. The Labute approximate surface area is 121 Å². The zero-order chi connectivity index (χ0) is 13.9. The Bertz CT molecular complexity index is 400. The third kappa shape index (κ3) is 2.96. The molecule has 2 rings (SSSR count). The lowest BCUT2D eigenvalue weighted by molar-refractivity contribution is 0.136. The molecule has 2 unspecified atom stereocenters. The van der Waals surface area contributed by atoms with Crippen LogP contribution in [-0.2, 0) is 5.41 Å². The average molecular weight is 282 g/mol. The molecule has 106 valence electrons. The van der Waals surface area contributed by atoms with E-state index in [-0.39, 0.29) is 12.0 Å². The SMILES string of the molecule is CNC(CC(C)CO)C1(c2ccc(Cl)cc2)CCC1. The Morgan fingerprint density at radius 2 is 1.95 bits per heavy atom. The summed E-state index contributed by atoms with van der Waals surface area (Å²) in [5.41, 5.74) is 1.61. The summed E-state index contributed by atoms with van der Waals surface area (Å²) in [5, 5.41) is 13.6. The van der Waals surface area contributed by atoms with Gasteiger partial charge in [0.25, 0.3) is 0 Å². The Morgan fingerprint density at radius 1 is 1.32 bits per heavy atom. The number of hydrogen-bond donors (Lipinski definition) is 2. The lowest BCUT2D eigenvalue weighted by atomic mass is 9.59. The highest BCUT2D eigenvalue weighted by molar-refractivity contribution is 6.30. The van der Waals surface area contributed by atoms with Crippen molar-refractivity contribution in [2.45, 2.75) is 44.1 Å². The number of aliphatic hydroxyl groups is 1. The Balaban J connectivity index is 2.22. The van der Waals surface area contributed by atoms with Crippen LogP contribution >= 0.6 is 11.6 Å². The topological polar surface area (TPSA) is 32.3 Å². The number of hydrogen-bond acceptors (Lipinski definition) is 2. The third-order valence-corrected chi connectivity index (χ3v) is 4.88. The van der Waals surface area contributed by atoms with E-state index in [1.165, 1.54) is 24.8 Å². The van der Waals surface area contributed by atoms with Gasteiger partial charge in [0.1, 0.15) is 0 Å². The van der Waals surface area contributed by atoms with E-state index in [0.29, 0.717) is 12.0 Å². The van der Waals surface area contributed by atoms with E-state index < -0.39 is 0 Å². The molecule has 0 heterocycles. The van der Waals surface area contributed by atoms with Crippen LogP contribution < -0.4 is 5.32 Å². The van der Waals surface area contributed by atoms with Crippen LogP contribution in [0.4, 0.5) is 0 Å². The van der Waals surface area contributed by atoms with Crippen molar-refractivity contribution in [2.24, 2.45) is 5.92 Å². The second-order valence-corrected chi connectivity index (χ2v) is 6.32. The summed E-state index contributed by atoms with van der Waals surface area (Å²) >= 11 is 5.99. The molecule has 0 aliphatic heterocycles. The molecule has 1 fully saturated rings. The van der Waals surface area contributed by atoms with Crippen molar-refractivity contribution in [3.05, 3.63) is 34.9 Å². The van der Waals surface area contributed by atoms with Crippen molar-refractivity contribution in [1.29, 1.82) is 0 Å². The van der Waals surface area contributed by atoms with E-state index in [2.05, 4.69) is 24.4 Å². The van der Waals surface area contributed by atoms with E-state index in [9.17, 15) is 5.11 Å². The van der Waals surface area contributed by atoms with Gasteiger partial charge < -0.3 is 10.4 Å². The summed E-state index contributed by atoms with van der Waals surface area (Å²) in [6.07, 6.45) is 4.74. The fraction of sp³-hybridized carbons (Fsp3) is 0.625. The molecule has 1 saturated carbocycles. The van der Waals surface area contributed by atoms with Gasteiger partial charge in [0.2, 0.25) is 0 Å². The zero-order valence-corrected chi connectivity index (χ0v) is 12.6. The van der Waals surface area contributed by atoms with E-state index in [1.54, 1.807) is 0 Å². The summed E-state index contributed by atoms with van der Waals surface area (Å²) in [6, 6.07) is 8.72. The van der Waals surface area contributed by atoms with Crippen molar-refractivity contribution in [2.75, 3.05) is 13.7 Å². The normalized spacial score (nSPS) is 20.6. The minimum atomic E-state index is 0.225. The molecular weight excluding hydrogens is 258 g/mol. The summed E-state index contributed by atoms with van der Waals surface area (Å²) in [6.45, 7) is 2.37. The molecular formula is C16H24ClNO. The van der Waals surface area contributed by atoms with Gasteiger partial charge in [-0.05, 0) is 49.9 Å². The number of aliphatic hydroxyl groups excluding tert-OH is 1. The molecule has 0 aromatic heterocycles. The van der Waals surface area contributed by atoms with Crippen LogP contribution in [0.5, 0.6) is 0 Å². The number of rotatable bonds is 6. The first-order valence-electron chi connectivity index (χ1n) is 7.16. The molecule has 0 amide bonds. The van der Waals surface area contributed by atoms with E-state index in [4.69, 9.17) is 11.6 Å². The van der Waals surface area contributed by atoms with Gasteiger partial charge >= 0.3 is 0 Å². The minimum absolute atomic E-state index is 0.225. The molecule has 0 saturated heterocycles. The second kappa shape index (κ2) is 6.25. The molecule has 0 radical (unpaired) electrons. The highest BCUT2D eigenvalue weighted by atomic mass is 35.5. The smallest absolute Gasteiger partial charge is 0.0457 e. The first-order chi connectivity index (χ1) is 9.12. The van der Waals surface area contributed by atoms with Crippen LogP contribution in [0.25, 0.3) is 0 Å². The molecule has 1 aromatic rings. The maximum Gasteiger partial charge on any atom is 0.0457 e. The Hall–Kier alpha value is -0.570. The first kappa shape index (κ1) is 14.8. The summed E-state index contributed by atoms with van der Waals surface area (Å²) in [5.74, 6) is 0.335. The molecule has 2 N–H and O–H groups in total. The van der Waals surface area contributed by atoms with Crippen molar-refractivity contribution >= 4 is 11.6 Å². The summed E-state index contributed by atoms with van der Waals surface area (Å²) < 4.78 is 0. The van der Waals surface area contributed by atoms with Gasteiger partial charge in [-0.3, -0.25) is 0 Å². The molecule has 1 aliphatic carbocycles. The van der Waals surface area contributed by atoms with Crippen LogP contribution in [0.3, 0.4) is 0 Å². The van der Waals surface area contributed by atoms with Crippen LogP contribution in [0.15, 0.2) is 24.3 Å². The summed E-state index contributed by atoms with van der Waals surface area (Å²) in [7, 11) is 2.03. The molecule has 2 nitrogen and oxygen atoms in total. The van der Waals surface area contributed by atoms with Gasteiger partial charge in [-0.15, -0.1) is 0 Å². The van der Waals surface area contributed by atoms with Crippen LogP contribution in [0.2, 0.25) is 5.02 Å². The first-order valence-corrected chi connectivity index (χ1v) is 7.54. The van der Waals surface area contributed by atoms with Gasteiger partial charge in [0, 0.05) is 23.1 Å². The van der Waals surface area contributed by atoms with Gasteiger partial charge in [-0.1, -0.05) is 37.1 Å². The number of nitrogens with one attached hydrogen (secondary N) is 1. The van der Waals surface area contributed by atoms with Crippen molar-refractivity contribution in [1.82, 2.24) is 5.32 Å². The number of halogens is 1. The fourth-order valence-corrected chi connectivity index (χ4v) is 3.40. The predicted molar refractivity (Wildman–Crippen MR) is 80.7 cm³/mol. The van der Waals surface area contributed by atoms with Crippen molar-refractivity contribution < 1.29 is 5.11 Å². The lowest BCUT2D eigenvalue weighted by Crippen LogP contribution is -2.52. The highest BCUT2D eigenvalue weighted by Gasteiger charge is 2.44. The molecule has 0 bridgehead atoms. The number of benzene rings is 1. The van der Waals surface area contributed by atoms with Gasteiger partial charge in [-0.25, -0.2) is 0 Å². The standard InChI is InChI=1S/C16H24ClNO/c1-12(11-19)10-15(18-2)16(8-3-9-16)13-4-6-14(17)7-5-13/h4-7,12,15,18-19H,3,8-11H2,1-2H3. The van der Waals surface area contributed by atoms with E-state index >= 15 is 0 Å². The van der Waals surface area contributed by atoms with Crippen LogP contribution in [0.1, 0.15) is 38.2 Å². The van der Waals surface area contributed by atoms with E-state index in [1.807, 2.05) is 19.2 Å². The molecule has 0 spiro atoms. The quantitative estimate of drug-likeness (QED) is 0.838. The van der Waals surface area contributed by atoms with E-state index in [0.717, 1.165) is 11.4 Å². The van der Waals surface area contributed by atoms with Crippen LogP contribution in [0, 0.1) is 5.92 Å². The van der Waals surface area contributed by atoms with Gasteiger partial charge in [0.05, 0.1) is 0 Å². The molecule has 19 heavy (non-hydrogen) atoms. The molecule has 3 heteroatoms. The molecule has 2 atom stereocenters. The van der Waals surface area contributed by atoms with Gasteiger partial charge in [0.15, 0.2) is 0 Å². The maximum atomic E-state index is 9.30.